The van der Waals surface area contributed by atoms with Gasteiger partial charge >= 0.3 is 0 Å². The first-order valence-corrected chi connectivity index (χ1v) is 10.6. The van der Waals surface area contributed by atoms with Crippen LogP contribution >= 0.6 is 0 Å². The van der Waals surface area contributed by atoms with Crippen LogP contribution in [0.4, 0.5) is 0 Å². The van der Waals surface area contributed by atoms with Gasteiger partial charge in [-0.25, -0.2) is 17.8 Å². The molecule has 1 aliphatic rings. The van der Waals surface area contributed by atoms with E-state index in [2.05, 4.69) is 9.82 Å². The zero-order chi connectivity index (χ0) is 19.4. The van der Waals surface area contributed by atoms with Crippen molar-refractivity contribution in [3.8, 4) is 17.2 Å². The van der Waals surface area contributed by atoms with Crippen molar-refractivity contribution < 1.29 is 17.9 Å². The minimum Gasteiger partial charge on any atom is -0.490 e. The van der Waals surface area contributed by atoms with E-state index in [-0.39, 0.29) is 4.90 Å². The van der Waals surface area contributed by atoms with Gasteiger partial charge in [0, 0.05) is 31.4 Å². The molecule has 0 radical (unpaired) electrons. The van der Waals surface area contributed by atoms with Crippen LogP contribution in [0.3, 0.4) is 0 Å². The van der Waals surface area contributed by atoms with Gasteiger partial charge in [0.25, 0.3) is 0 Å². The van der Waals surface area contributed by atoms with Gasteiger partial charge in [0.1, 0.15) is 0 Å². The molecule has 0 amide bonds. The molecule has 2 aromatic carbocycles. The summed E-state index contributed by atoms with van der Waals surface area (Å²) < 4.78 is 40.7. The minimum atomic E-state index is -3.62. The molecule has 1 aromatic heterocycles. The third kappa shape index (κ3) is 4.18. The first-order valence-electron chi connectivity index (χ1n) is 9.10. The van der Waals surface area contributed by atoms with Crippen LogP contribution in [0.15, 0.2) is 65.8 Å². The van der Waals surface area contributed by atoms with Gasteiger partial charge in [-0.2, -0.15) is 5.10 Å². The van der Waals surface area contributed by atoms with E-state index in [1.54, 1.807) is 16.9 Å². The number of benzene rings is 2. The molecule has 146 valence electrons. The molecule has 0 saturated heterocycles. The first-order chi connectivity index (χ1) is 13.6. The lowest BCUT2D eigenvalue weighted by Gasteiger charge is -2.11. The number of ether oxygens (including phenoxy) is 2. The van der Waals surface area contributed by atoms with Gasteiger partial charge in [0.05, 0.1) is 23.8 Å². The third-order valence-corrected chi connectivity index (χ3v) is 5.90. The quantitative estimate of drug-likeness (QED) is 0.689. The van der Waals surface area contributed by atoms with Crippen molar-refractivity contribution in [2.45, 2.75) is 17.7 Å². The summed E-state index contributed by atoms with van der Waals surface area (Å²) in [6.45, 7) is 1.38. The van der Waals surface area contributed by atoms with E-state index in [0.29, 0.717) is 37.7 Å². The fourth-order valence-corrected chi connectivity index (χ4v) is 4.01. The summed E-state index contributed by atoms with van der Waals surface area (Å²) in [7, 11) is -3.62. The van der Waals surface area contributed by atoms with Crippen LogP contribution in [0, 0.1) is 0 Å². The monoisotopic (exact) mass is 399 g/mol. The number of fused-ring (bicyclic) bond motifs is 1. The van der Waals surface area contributed by atoms with E-state index >= 15 is 0 Å². The van der Waals surface area contributed by atoms with Crippen molar-refractivity contribution in [3.05, 3.63) is 66.5 Å². The van der Waals surface area contributed by atoms with Crippen LogP contribution < -0.4 is 14.2 Å². The Bertz CT molecular complexity index is 1030. The SMILES string of the molecule is O=S(=O)(NCCc1ccc(-n2cccn2)cc1)c1ccc2c(c1)OCCCO2. The molecular formula is C20H21N3O4S. The van der Waals surface area contributed by atoms with Gasteiger partial charge in [-0.05, 0) is 42.3 Å². The summed E-state index contributed by atoms with van der Waals surface area (Å²) in [5.41, 5.74) is 2.00. The van der Waals surface area contributed by atoms with Crippen molar-refractivity contribution in [3.63, 3.8) is 0 Å². The van der Waals surface area contributed by atoms with E-state index in [1.165, 1.54) is 12.1 Å². The lowest BCUT2D eigenvalue weighted by Crippen LogP contribution is -2.26. The lowest BCUT2D eigenvalue weighted by molar-refractivity contribution is 0.297. The van der Waals surface area contributed by atoms with Crippen molar-refractivity contribution in [1.29, 1.82) is 0 Å². The van der Waals surface area contributed by atoms with Gasteiger partial charge < -0.3 is 9.47 Å². The minimum absolute atomic E-state index is 0.172. The molecular weight excluding hydrogens is 378 g/mol. The molecule has 2 heterocycles. The fraction of sp³-hybridized carbons (Fsp3) is 0.250. The molecule has 0 spiro atoms. The normalized spacial score (nSPS) is 13.9. The Labute approximate surface area is 164 Å². The summed E-state index contributed by atoms with van der Waals surface area (Å²) in [6, 6.07) is 14.4. The Hall–Kier alpha value is -2.84. The average Bonchev–Trinajstić information content (AvgIpc) is 3.13. The Morgan fingerprint density at radius 2 is 1.82 bits per heavy atom. The highest BCUT2D eigenvalue weighted by Crippen LogP contribution is 2.31. The van der Waals surface area contributed by atoms with E-state index in [4.69, 9.17) is 9.47 Å². The van der Waals surface area contributed by atoms with E-state index < -0.39 is 10.0 Å². The molecule has 28 heavy (non-hydrogen) atoms. The highest BCUT2D eigenvalue weighted by atomic mass is 32.2. The summed E-state index contributed by atoms with van der Waals surface area (Å²) in [4.78, 5) is 0.172. The third-order valence-electron chi connectivity index (χ3n) is 4.44. The van der Waals surface area contributed by atoms with Crippen LogP contribution in [0.1, 0.15) is 12.0 Å². The molecule has 1 aliphatic heterocycles. The van der Waals surface area contributed by atoms with Crippen LogP contribution in [0.2, 0.25) is 0 Å². The second-order valence-corrected chi connectivity index (χ2v) is 8.19. The maximum absolute atomic E-state index is 12.6. The number of nitrogens with zero attached hydrogens (tertiary/aromatic N) is 2. The second kappa shape index (κ2) is 8.04. The predicted octanol–water partition coefficient (Wildman–Crippen LogP) is 2.55. The van der Waals surface area contributed by atoms with Gasteiger partial charge in [-0.3, -0.25) is 0 Å². The molecule has 8 heteroatoms. The molecule has 0 saturated carbocycles. The van der Waals surface area contributed by atoms with Gasteiger partial charge in [-0.1, -0.05) is 12.1 Å². The molecule has 7 nitrogen and oxygen atoms in total. The van der Waals surface area contributed by atoms with Gasteiger partial charge in [0.2, 0.25) is 10.0 Å². The highest BCUT2D eigenvalue weighted by Gasteiger charge is 2.18. The fourth-order valence-electron chi connectivity index (χ4n) is 2.96. The van der Waals surface area contributed by atoms with Gasteiger partial charge in [0.15, 0.2) is 11.5 Å². The standard InChI is InChI=1S/C20H21N3O4S/c24-28(25,18-7-8-19-20(15-18)27-14-2-13-26-19)22-11-9-16-3-5-17(6-4-16)23-12-1-10-21-23/h1,3-8,10,12,15,22H,2,9,11,13-14H2. The van der Waals surface area contributed by atoms with Crippen molar-refractivity contribution in [2.24, 2.45) is 0 Å². The Morgan fingerprint density at radius 1 is 1.04 bits per heavy atom. The average molecular weight is 399 g/mol. The number of sulfonamides is 1. The maximum atomic E-state index is 12.6. The van der Waals surface area contributed by atoms with Crippen LogP contribution in [-0.4, -0.2) is 38.0 Å². The lowest BCUT2D eigenvalue weighted by atomic mass is 10.1. The largest absolute Gasteiger partial charge is 0.490 e. The molecule has 0 atom stereocenters. The second-order valence-electron chi connectivity index (χ2n) is 6.42. The predicted molar refractivity (Wildman–Crippen MR) is 105 cm³/mol. The summed E-state index contributed by atoms with van der Waals surface area (Å²) >= 11 is 0. The maximum Gasteiger partial charge on any atom is 0.240 e. The van der Waals surface area contributed by atoms with Crippen LogP contribution in [0.25, 0.3) is 5.69 Å². The Kier molecular flexibility index (Phi) is 5.31. The smallest absolute Gasteiger partial charge is 0.240 e. The van der Waals surface area contributed by atoms with E-state index in [1.807, 2.05) is 36.5 Å². The highest BCUT2D eigenvalue weighted by molar-refractivity contribution is 7.89. The molecule has 3 aromatic rings. The number of hydrogen-bond acceptors (Lipinski definition) is 5. The van der Waals surface area contributed by atoms with Crippen molar-refractivity contribution >= 4 is 10.0 Å². The molecule has 1 N–H and O–H groups in total. The van der Waals surface area contributed by atoms with Crippen molar-refractivity contribution in [1.82, 2.24) is 14.5 Å². The first kappa shape index (κ1) is 18.5. The molecule has 0 unspecified atom stereocenters. The molecule has 0 bridgehead atoms. The summed E-state index contributed by atoms with van der Waals surface area (Å²) in [5.74, 6) is 1.04. The van der Waals surface area contributed by atoms with Gasteiger partial charge in [-0.15, -0.1) is 0 Å². The number of nitrogens with one attached hydrogen (secondary N) is 1. The Morgan fingerprint density at radius 3 is 2.57 bits per heavy atom. The zero-order valence-corrected chi connectivity index (χ0v) is 16.1. The summed E-state index contributed by atoms with van der Waals surface area (Å²) in [5, 5.41) is 4.19. The molecule has 0 aliphatic carbocycles. The number of hydrogen-bond donors (Lipinski definition) is 1. The van der Waals surface area contributed by atoms with Crippen LogP contribution in [-0.2, 0) is 16.4 Å². The summed E-state index contributed by atoms with van der Waals surface area (Å²) in [6.07, 6.45) is 4.96. The van der Waals surface area contributed by atoms with Crippen LogP contribution in [0.5, 0.6) is 11.5 Å². The van der Waals surface area contributed by atoms with E-state index in [0.717, 1.165) is 17.7 Å². The van der Waals surface area contributed by atoms with Crippen molar-refractivity contribution in [2.75, 3.05) is 19.8 Å². The number of aromatic nitrogens is 2. The number of rotatable bonds is 6. The Balaban J connectivity index is 1.38. The topological polar surface area (TPSA) is 82.5 Å². The zero-order valence-electron chi connectivity index (χ0n) is 15.2. The molecule has 4 rings (SSSR count). The van der Waals surface area contributed by atoms with E-state index in [9.17, 15) is 8.42 Å². The molecule has 0 fully saturated rings.